The van der Waals surface area contributed by atoms with Gasteiger partial charge in [-0.25, -0.2) is 0 Å². The van der Waals surface area contributed by atoms with Crippen molar-refractivity contribution < 1.29 is 4.74 Å². The van der Waals surface area contributed by atoms with Gasteiger partial charge in [0.15, 0.2) is 5.96 Å². The molecule has 2 fully saturated rings. The average molecular weight is 558 g/mol. The van der Waals surface area contributed by atoms with Gasteiger partial charge in [0.1, 0.15) is 0 Å². The number of hydrogen-bond acceptors (Lipinski definition) is 4. The third-order valence-corrected chi connectivity index (χ3v) is 6.85. The molecule has 6 nitrogen and oxygen atoms in total. The third-order valence-electron chi connectivity index (χ3n) is 6.85. The normalized spacial score (nSPS) is 20.9. The lowest BCUT2D eigenvalue weighted by atomic mass is 9.88. The molecule has 182 valence electrons. The Labute approximate surface area is 212 Å². The minimum atomic E-state index is 0. The number of nitrogens with zero attached hydrogens (tertiary/aromatic N) is 2. The van der Waals surface area contributed by atoms with Crippen LogP contribution in [0.1, 0.15) is 64.0 Å². The van der Waals surface area contributed by atoms with E-state index in [9.17, 15) is 0 Å². The topological polar surface area (TPSA) is 60.9 Å². The number of guanidine groups is 1. The molecule has 32 heavy (non-hydrogen) atoms. The van der Waals surface area contributed by atoms with Crippen molar-refractivity contribution in [1.29, 1.82) is 0 Å². The number of nitrogens with one attached hydrogen (secondary N) is 3. The predicted molar refractivity (Wildman–Crippen MR) is 145 cm³/mol. The molecule has 0 radical (unpaired) electrons. The lowest BCUT2D eigenvalue weighted by molar-refractivity contribution is 0.0354. The van der Waals surface area contributed by atoms with Crippen LogP contribution in [0.25, 0.3) is 0 Å². The molecule has 0 amide bonds. The SMILES string of the molecule is CCCCN1CCC(NC(=NC)NCC2(NC(C)c3ccccc3)CCOCC2)CC1.I. The molecule has 3 N–H and O–H groups in total. The van der Waals surface area contributed by atoms with E-state index in [0.717, 1.165) is 38.6 Å². The van der Waals surface area contributed by atoms with Crippen molar-refractivity contribution in [3.8, 4) is 0 Å². The molecular formula is C25H44IN5O. The van der Waals surface area contributed by atoms with Gasteiger partial charge in [0.25, 0.3) is 0 Å². The van der Waals surface area contributed by atoms with Gasteiger partial charge in [0.2, 0.25) is 0 Å². The molecule has 0 bridgehead atoms. The monoisotopic (exact) mass is 557 g/mol. The van der Waals surface area contributed by atoms with E-state index in [-0.39, 0.29) is 29.5 Å². The summed E-state index contributed by atoms with van der Waals surface area (Å²) in [6.45, 7) is 10.6. The molecule has 0 saturated carbocycles. The van der Waals surface area contributed by atoms with E-state index in [1.165, 1.54) is 50.9 Å². The summed E-state index contributed by atoms with van der Waals surface area (Å²) in [5, 5.41) is 11.2. The number of halogens is 1. The largest absolute Gasteiger partial charge is 0.381 e. The van der Waals surface area contributed by atoms with E-state index in [0.29, 0.717) is 12.1 Å². The van der Waals surface area contributed by atoms with Crippen molar-refractivity contribution in [3.05, 3.63) is 35.9 Å². The van der Waals surface area contributed by atoms with Crippen LogP contribution >= 0.6 is 24.0 Å². The summed E-state index contributed by atoms with van der Waals surface area (Å²) in [5.41, 5.74) is 1.33. The maximum absolute atomic E-state index is 5.69. The zero-order chi connectivity index (χ0) is 21.9. The number of unbranched alkanes of at least 4 members (excludes halogenated alkanes) is 1. The molecule has 2 aliphatic rings. The van der Waals surface area contributed by atoms with Crippen molar-refractivity contribution in [2.24, 2.45) is 4.99 Å². The van der Waals surface area contributed by atoms with Crippen LogP contribution in [0.2, 0.25) is 0 Å². The van der Waals surface area contributed by atoms with Crippen LogP contribution in [-0.4, -0.2) is 68.9 Å². The molecule has 1 aromatic carbocycles. The fraction of sp³-hybridized carbons (Fsp3) is 0.720. The summed E-state index contributed by atoms with van der Waals surface area (Å²) in [6.07, 6.45) is 6.97. The maximum atomic E-state index is 5.69. The van der Waals surface area contributed by atoms with Gasteiger partial charge < -0.3 is 25.6 Å². The predicted octanol–water partition coefficient (Wildman–Crippen LogP) is 3.93. The van der Waals surface area contributed by atoms with Crippen molar-refractivity contribution in [1.82, 2.24) is 20.9 Å². The first kappa shape index (κ1) is 27.3. The number of ether oxygens (including phenoxy) is 1. The molecule has 1 unspecified atom stereocenters. The van der Waals surface area contributed by atoms with E-state index in [2.05, 4.69) is 70.0 Å². The Morgan fingerprint density at radius 2 is 1.88 bits per heavy atom. The summed E-state index contributed by atoms with van der Waals surface area (Å²) in [5.74, 6) is 0.923. The van der Waals surface area contributed by atoms with Gasteiger partial charge in [0.05, 0.1) is 0 Å². The Balaban J connectivity index is 0.00000363. The molecule has 1 aromatic rings. The first-order valence-corrected chi connectivity index (χ1v) is 12.2. The second kappa shape index (κ2) is 14.4. The van der Waals surface area contributed by atoms with Crippen LogP contribution in [0.5, 0.6) is 0 Å². The lowest BCUT2D eigenvalue weighted by Crippen LogP contribution is -2.59. The van der Waals surface area contributed by atoms with E-state index < -0.39 is 0 Å². The maximum Gasteiger partial charge on any atom is 0.191 e. The number of aliphatic imine (C=N–C) groups is 1. The fourth-order valence-electron chi connectivity index (χ4n) is 4.74. The highest BCUT2D eigenvalue weighted by atomic mass is 127. The molecule has 7 heteroatoms. The van der Waals surface area contributed by atoms with Gasteiger partial charge in [-0.15, -0.1) is 24.0 Å². The summed E-state index contributed by atoms with van der Waals surface area (Å²) in [7, 11) is 1.88. The Bertz CT molecular complexity index is 658. The van der Waals surface area contributed by atoms with Gasteiger partial charge in [-0.1, -0.05) is 43.7 Å². The first-order valence-electron chi connectivity index (χ1n) is 12.2. The Hall–Kier alpha value is -0.900. The van der Waals surface area contributed by atoms with Crippen molar-refractivity contribution in [2.45, 2.75) is 70.0 Å². The zero-order valence-electron chi connectivity index (χ0n) is 20.2. The van der Waals surface area contributed by atoms with Crippen LogP contribution in [0, 0.1) is 0 Å². The minimum Gasteiger partial charge on any atom is -0.381 e. The fourth-order valence-corrected chi connectivity index (χ4v) is 4.74. The first-order chi connectivity index (χ1) is 15.1. The molecule has 0 aromatic heterocycles. The molecule has 1 atom stereocenters. The summed E-state index contributed by atoms with van der Waals surface area (Å²) < 4.78 is 5.69. The van der Waals surface area contributed by atoms with Crippen molar-refractivity contribution in [2.75, 3.05) is 46.4 Å². The molecule has 0 aliphatic carbocycles. The highest BCUT2D eigenvalue weighted by Gasteiger charge is 2.34. The third kappa shape index (κ3) is 8.47. The van der Waals surface area contributed by atoms with Crippen LogP contribution in [0.3, 0.4) is 0 Å². The van der Waals surface area contributed by atoms with E-state index in [1.807, 2.05) is 7.05 Å². The summed E-state index contributed by atoms with van der Waals surface area (Å²) in [6, 6.07) is 11.5. The Morgan fingerprint density at radius 3 is 2.50 bits per heavy atom. The standard InChI is InChI=1S/C25H43N5O.HI/c1-4-5-15-30-16-11-23(12-17-30)28-24(26-3)27-20-25(13-18-31-19-14-25)29-21(2)22-9-7-6-8-10-22;/h6-10,21,23,29H,4-5,11-20H2,1-3H3,(H2,26,27,28);1H. The quantitative estimate of drug-likeness (QED) is 0.244. The highest BCUT2D eigenvalue weighted by molar-refractivity contribution is 14.0. The Morgan fingerprint density at radius 1 is 1.19 bits per heavy atom. The number of rotatable bonds is 9. The molecule has 3 rings (SSSR count). The second-order valence-electron chi connectivity index (χ2n) is 9.21. The number of piperidine rings is 1. The van der Waals surface area contributed by atoms with Gasteiger partial charge in [0, 0.05) is 57.5 Å². The highest BCUT2D eigenvalue weighted by Crippen LogP contribution is 2.25. The zero-order valence-corrected chi connectivity index (χ0v) is 22.6. The van der Waals surface area contributed by atoms with Crippen LogP contribution in [-0.2, 0) is 4.74 Å². The van der Waals surface area contributed by atoms with E-state index >= 15 is 0 Å². The van der Waals surface area contributed by atoms with Gasteiger partial charge in [-0.3, -0.25) is 4.99 Å². The van der Waals surface area contributed by atoms with Crippen LogP contribution in [0.4, 0.5) is 0 Å². The Kier molecular flexibility index (Phi) is 12.3. The van der Waals surface area contributed by atoms with Gasteiger partial charge in [-0.2, -0.15) is 0 Å². The minimum absolute atomic E-state index is 0. The molecule has 2 saturated heterocycles. The van der Waals surface area contributed by atoms with Crippen molar-refractivity contribution in [3.63, 3.8) is 0 Å². The molecule has 0 spiro atoms. The van der Waals surface area contributed by atoms with Crippen molar-refractivity contribution >= 4 is 29.9 Å². The van der Waals surface area contributed by atoms with Crippen LogP contribution < -0.4 is 16.0 Å². The lowest BCUT2D eigenvalue weighted by Gasteiger charge is -2.41. The molecule has 2 aliphatic heterocycles. The smallest absolute Gasteiger partial charge is 0.191 e. The second-order valence-corrected chi connectivity index (χ2v) is 9.21. The summed E-state index contributed by atoms with van der Waals surface area (Å²) >= 11 is 0. The number of likely N-dealkylation sites (tertiary alicyclic amines) is 1. The van der Waals surface area contributed by atoms with Crippen LogP contribution in [0.15, 0.2) is 35.3 Å². The van der Waals surface area contributed by atoms with Gasteiger partial charge in [-0.05, 0) is 51.1 Å². The van der Waals surface area contributed by atoms with E-state index in [4.69, 9.17) is 4.74 Å². The average Bonchev–Trinajstić information content (AvgIpc) is 2.82. The number of hydrogen-bond donors (Lipinski definition) is 3. The molecule has 2 heterocycles. The summed E-state index contributed by atoms with van der Waals surface area (Å²) in [4.78, 5) is 7.13. The van der Waals surface area contributed by atoms with Gasteiger partial charge >= 0.3 is 0 Å². The molecular weight excluding hydrogens is 513 g/mol. The van der Waals surface area contributed by atoms with E-state index in [1.54, 1.807) is 0 Å². The number of benzene rings is 1.